The fraction of sp³-hybridized carbons (Fsp3) is 0.727. The zero-order valence-corrected chi connectivity index (χ0v) is 11.0. The van der Waals surface area contributed by atoms with Crippen LogP contribution in [-0.2, 0) is 11.2 Å². The zero-order valence-electron chi connectivity index (χ0n) is 10.2. The van der Waals surface area contributed by atoms with Crippen molar-refractivity contribution in [3.63, 3.8) is 0 Å². The van der Waals surface area contributed by atoms with E-state index in [-0.39, 0.29) is 5.91 Å². The summed E-state index contributed by atoms with van der Waals surface area (Å²) in [6.07, 6.45) is 3.44. The molecule has 2 rings (SSSR count). The lowest BCUT2D eigenvalue weighted by molar-refractivity contribution is -0.123. The molecule has 1 saturated carbocycles. The Bertz CT molecular complexity index is 411. The average molecular weight is 254 g/mol. The molecule has 1 aromatic heterocycles. The summed E-state index contributed by atoms with van der Waals surface area (Å²) in [4.78, 5) is 11.9. The number of nitrogens with two attached hydrogens (primary N) is 1. The standard InChI is InChI=1S/C11H18N4OS/c1-7(2)6-8-14-15-10(17-8)13-9(16)11(12)4-3-5-11/h7H,3-6,12H2,1-2H3,(H,13,15,16). The predicted molar refractivity (Wildman–Crippen MR) is 67.9 cm³/mol. The Morgan fingerprint density at radius 3 is 2.76 bits per heavy atom. The highest BCUT2D eigenvalue weighted by Crippen LogP contribution is 2.30. The number of anilines is 1. The Labute approximate surface area is 105 Å². The van der Waals surface area contributed by atoms with E-state index in [0.29, 0.717) is 11.0 Å². The average Bonchev–Trinajstić information content (AvgIpc) is 2.60. The number of carbonyl (C=O) groups excluding carboxylic acids is 1. The monoisotopic (exact) mass is 254 g/mol. The maximum Gasteiger partial charge on any atom is 0.246 e. The number of nitrogens with one attached hydrogen (secondary N) is 1. The van der Waals surface area contributed by atoms with E-state index in [2.05, 4.69) is 29.4 Å². The molecule has 0 spiro atoms. The third-order valence-corrected chi connectivity index (χ3v) is 3.83. The van der Waals surface area contributed by atoms with Crippen LogP contribution in [0.4, 0.5) is 5.13 Å². The molecule has 0 unspecified atom stereocenters. The fourth-order valence-corrected chi connectivity index (χ4v) is 2.69. The number of carbonyl (C=O) groups is 1. The van der Waals surface area contributed by atoms with Crippen LogP contribution in [0.5, 0.6) is 0 Å². The Morgan fingerprint density at radius 2 is 2.24 bits per heavy atom. The molecule has 3 N–H and O–H groups in total. The van der Waals surface area contributed by atoms with Crippen LogP contribution in [0.3, 0.4) is 0 Å². The molecule has 1 heterocycles. The van der Waals surface area contributed by atoms with E-state index in [4.69, 9.17) is 5.73 Å². The van der Waals surface area contributed by atoms with Crippen LogP contribution in [0.2, 0.25) is 0 Å². The summed E-state index contributed by atoms with van der Waals surface area (Å²) in [6, 6.07) is 0. The lowest BCUT2D eigenvalue weighted by Gasteiger charge is -2.35. The molecule has 0 aliphatic heterocycles. The van der Waals surface area contributed by atoms with Gasteiger partial charge in [0, 0.05) is 6.42 Å². The lowest BCUT2D eigenvalue weighted by Crippen LogP contribution is -2.56. The molecular weight excluding hydrogens is 236 g/mol. The van der Waals surface area contributed by atoms with Gasteiger partial charge in [0.15, 0.2) is 0 Å². The van der Waals surface area contributed by atoms with Gasteiger partial charge in [0.25, 0.3) is 0 Å². The van der Waals surface area contributed by atoms with Crippen molar-refractivity contribution in [3.05, 3.63) is 5.01 Å². The highest BCUT2D eigenvalue weighted by molar-refractivity contribution is 7.15. The minimum Gasteiger partial charge on any atom is -0.317 e. The maximum atomic E-state index is 11.9. The first kappa shape index (κ1) is 12.4. The molecular formula is C11H18N4OS. The number of amides is 1. The highest BCUT2D eigenvalue weighted by atomic mass is 32.1. The Kier molecular flexibility index (Phi) is 3.44. The van der Waals surface area contributed by atoms with Gasteiger partial charge in [0.1, 0.15) is 5.01 Å². The molecule has 0 radical (unpaired) electrons. The van der Waals surface area contributed by atoms with E-state index in [0.717, 1.165) is 30.7 Å². The molecule has 94 valence electrons. The first-order chi connectivity index (χ1) is 7.99. The lowest BCUT2D eigenvalue weighted by atomic mass is 9.77. The largest absolute Gasteiger partial charge is 0.317 e. The van der Waals surface area contributed by atoms with Gasteiger partial charge in [0.05, 0.1) is 5.54 Å². The normalized spacial score (nSPS) is 17.9. The van der Waals surface area contributed by atoms with Gasteiger partial charge in [-0.1, -0.05) is 25.2 Å². The number of rotatable bonds is 4. The van der Waals surface area contributed by atoms with Crippen LogP contribution in [0.25, 0.3) is 0 Å². The van der Waals surface area contributed by atoms with E-state index >= 15 is 0 Å². The second-order valence-electron chi connectivity index (χ2n) is 5.06. The zero-order chi connectivity index (χ0) is 12.5. The van der Waals surface area contributed by atoms with Crippen molar-refractivity contribution in [2.45, 2.75) is 45.1 Å². The Hall–Kier alpha value is -1.01. The van der Waals surface area contributed by atoms with Crippen LogP contribution < -0.4 is 11.1 Å². The molecule has 1 aliphatic rings. The third kappa shape index (κ3) is 2.81. The summed E-state index contributed by atoms with van der Waals surface area (Å²) in [5, 5.41) is 12.3. The Balaban J connectivity index is 1.94. The first-order valence-electron chi connectivity index (χ1n) is 5.92. The summed E-state index contributed by atoms with van der Waals surface area (Å²) in [5.41, 5.74) is 5.25. The summed E-state index contributed by atoms with van der Waals surface area (Å²) in [5.74, 6) is 0.412. The van der Waals surface area contributed by atoms with Crippen LogP contribution in [-0.4, -0.2) is 21.6 Å². The molecule has 1 amide bonds. The number of hydrogen-bond donors (Lipinski definition) is 2. The van der Waals surface area contributed by atoms with Gasteiger partial charge in [-0.15, -0.1) is 10.2 Å². The molecule has 1 fully saturated rings. The van der Waals surface area contributed by atoms with Crippen molar-refractivity contribution in [1.29, 1.82) is 0 Å². The Morgan fingerprint density at radius 1 is 1.53 bits per heavy atom. The van der Waals surface area contributed by atoms with Crippen LogP contribution in [0.1, 0.15) is 38.1 Å². The predicted octanol–water partition coefficient (Wildman–Crippen LogP) is 1.56. The van der Waals surface area contributed by atoms with Gasteiger partial charge in [-0.3, -0.25) is 10.1 Å². The van der Waals surface area contributed by atoms with Gasteiger partial charge in [-0.05, 0) is 25.2 Å². The van der Waals surface area contributed by atoms with E-state index in [1.807, 2.05) is 0 Å². The smallest absolute Gasteiger partial charge is 0.246 e. The minimum atomic E-state index is -0.677. The SMILES string of the molecule is CC(C)Cc1nnc(NC(=O)C2(N)CCC2)s1. The molecule has 1 aliphatic carbocycles. The van der Waals surface area contributed by atoms with Crippen LogP contribution in [0.15, 0.2) is 0 Å². The van der Waals surface area contributed by atoms with Crippen LogP contribution in [0, 0.1) is 5.92 Å². The number of hydrogen-bond acceptors (Lipinski definition) is 5. The molecule has 0 saturated heterocycles. The molecule has 1 aromatic rings. The fourth-order valence-electron chi connectivity index (χ4n) is 1.74. The second-order valence-corrected chi connectivity index (χ2v) is 6.12. The second kappa shape index (κ2) is 4.70. The molecule has 0 atom stereocenters. The summed E-state index contributed by atoms with van der Waals surface area (Å²) in [6.45, 7) is 4.26. The topological polar surface area (TPSA) is 80.9 Å². The summed E-state index contributed by atoms with van der Waals surface area (Å²) in [7, 11) is 0. The molecule has 0 bridgehead atoms. The number of nitrogens with zero attached hydrogens (tertiary/aromatic N) is 2. The van der Waals surface area contributed by atoms with Gasteiger partial charge >= 0.3 is 0 Å². The summed E-state index contributed by atoms with van der Waals surface area (Å²) >= 11 is 1.43. The minimum absolute atomic E-state index is 0.129. The highest BCUT2D eigenvalue weighted by Gasteiger charge is 2.40. The van der Waals surface area contributed by atoms with Crippen molar-refractivity contribution >= 4 is 22.4 Å². The van der Waals surface area contributed by atoms with E-state index in [9.17, 15) is 4.79 Å². The number of aromatic nitrogens is 2. The van der Waals surface area contributed by atoms with E-state index in [1.54, 1.807) is 0 Å². The van der Waals surface area contributed by atoms with Crippen molar-refractivity contribution in [3.8, 4) is 0 Å². The quantitative estimate of drug-likeness (QED) is 0.854. The van der Waals surface area contributed by atoms with Gasteiger partial charge < -0.3 is 5.73 Å². The van der Waals surface area contributed by atoms with Crippen molar-refractivity contribution in [2.75, 3.05) is 5.32 Å². The molecule has 5 nitrogen and oxygen atoms in total. The van der Waals surface area contributed by atoms with E-state index < -0.39 is 5.54 Å². The maximum absolute atomic E-state index is 11.9. The van der Waals surface area contributed by atoms with Crippen LogP contribution >= 0.6 is 11.3 Å². The van der Waals surface area contributed by atoms with Gasteiger partial charge in [0.2, 0.25) is 11.0 Å². The summed E-state index contributed by atoms with van der Waals surface area (Å²) < 4.78 is 0. The molecule has 0 aromatic carbocycles. The third-order valence-electron chi connectivity index (χ3n) is 2.97. The van der Waals surface area contributed by atoms with Gasteiger partial charge in [-0.2, -0.15) is 0 Å². The molecule has 17 heavy (non-hydrogen) atoms. The van der Waals surface area contributed by atoms with Crippen molar-refractivity contribution in [2.24, 2.45) is 11.7 Å². The van der Waals surface area contributed by atoms with Crippen molar-refractivity contribution < 1.29 is 4.79 Å². The van der Waals surface area contributed by atoms with Crippen molar-refractivity contribution in [1.82, 2.24) is 10.2 Å². The first-order valence-corrected chi connectivity index (χ1v) is 6.74. The van der Waals surface area contributed by atoms with E-state index in [1.165, 1.54) is 11.3 Å². The molecule has 6 heteroatoms. The van der Waals surface area contributed by atoms with Gasteiger partial charge in [-0.25, -0.2) is 0 Å².